The van der Waals surface area contributed by atoms with Gasteiger partial charge in [-0.2, -0.15) is 0 Å². The number of nitrogens with two attached hydrogens (primary N) is 1. The number of nitrogen functional groups attached to an aromatic ring is 1. The van der Waals surface area contributed by atoms with E-state index >= 15 is 0 Å². The van der Waals surface area contributed by atoms with Gasteiger partial charge in [-0.05, 0) is 31.5 Å². The summed E-state index contributed by atoms with van der Waals surface area (Å²) in [7, 11) is 0. The van der Waals surface area contributed by atoms with Crippen molar-refractivity contribution in [1.29, 1.82) is 0 Å². The minimum atomic E-state index is -0.194. The number of ether oxygens (including phenoxy) is 1. The van der Waals surface area contributed by atoms with Gasteiger partial charge in [0.1, 0.15) is 5.75 Å². The van der Waals surface area contributed by atoms with Crippen LogP contribution in [0.4, 0.5) is 5.69 Å². The smallest absolute Gasteiger partial charge is 0.251 e. The molecule has 6 heteroatoms. The number of carbonyl (C=O) groups excluding carboxylic acids is 2. The minimum Gasteiger partial charge on any atom is -0.492 e. The molecule has 0 aromatic heterocycles. The van der Waals surface area contributed by atoms with Gasteiger partial charge in [-0.3, -0.25) is 9.59 Å². The highest BCUT2D eigenvalue weighted by Gasteiger charge is 2.20. The van der Waals surface area contributed by atoms with E-state index in [9.17, 15) is 9.59 Å². The molecule has 0 saturated carbocycles. The van der Waals surface area contributed by atoms with E-state index in [1.54, 1.807) is 18.2 Å². The van der Waals surface area contributed by atoms with E-state index in [1.165, 1.54) is 0 Å². The largest absolute Gasteiger partial charge is 0.492 e. The Morgan fingerprint density at radius 2 is 2.35 bits per heavy atom. The van der Waals surface area contributed by atoms with Crippen molar-refractivity contribution in [3.8, 4) is 5.75 Å². The van der Waals surface area contributed by atoms with Crippen molar-refractivity contribution in [3.63, 3.8) is 0 Å². The quantitative estimate of drug-likeness (QED) is 0.705. The van der Waals surface area contributed by atoms with Crippen LogP contribution in [0.1, 0.15) is 30.1 Å². The van der Waals surface area contributed by atoms with Crippen LogP contribution in [0.15, 0.2) is 18.2 Å². The summed E-state index contributed by atoms with van der Waals surface area (Å²) in [6.07, 6.45) is 1.10. The van der Waals surface area contributed by atoms with Crippen LogP contribution in [0, 0.1) is 0 Å². The topological polar surface area (TPSA) is 93.4 Å². The van der Waals surface area contributed by atoms with Gasteiger partial charge >= 0.3 is 0 Å². The summed E-state index contributed by atoms with van der Waals surface area (Å²) in [5, 5.41) is 5.61. The third-order valence-corrected chi connectivity index (χ3v) is 3.17. The highest BCUT2D eigenvalue weighted by atomic mass is 16.5. The average Bonchev–Trinajstić information content (AvgIpc) is 2.44. The molecule has 1 unspecified atom stereocenters. The third kappa shape index (κ3) is 3.40. The van der Waals surface area contributed by atoms with Gasteiger partial charge < -0.3 is 21.1 Å². The molecule has 6 nitrogen and oxygen atoms in total. The van der Waals surface area contributed by atoms with E-state index in [2.05, 4.69) is 10.6 Å². The lowest BCUT2D eigenvalue weighted by atomic mass is 10.1. The Hall–Kier alpha value is -2.24. The van der Waals surface area contributed by atoms with Crippen LogP contribution in [0.25, 0.3) is 0 Å². The maximum absolute atomic E-state index is 12.1. The van der Waals surface area contributed by atoms with Crippen LogP contribution in [0.3, 0.4) is 0 Å². The number of anilines is 1. The molecule has 0 spiro atoms. The molecular formula is C14H19N3O3. The zero-order valence-corrected chi connectivity index (χ0v) is 11.4. The first-order valence-electron chi connectivity index (χ1n) is 6.70. The highest BCUT2D eigenvalue weighted by Crippen LogP contribution is 2.22. The summed E-state index contributed by atoms with van der Waals surface area (Å²) in [5.41, 5.74) is 6.76. The predicted octanol–water partition coefficient (Wildman–Crippen LogP) is 0.676. The number of benzene rings is 1. The Labute approximate surface area is 117 Å². The lowest BCUT2D eigenvalue weighted by Gasteiger charge is -2.23. The van der Waals surface area contributed by atoms with E-state index in [1.807, 2.05) is 6.92 Å². The van der Waals surface area contributed by atoms with Gasteiger partial charge in [0.05, 0.1) is 12.3 Å². The highest BCUT2D eigenvalue weighted by molar-refractivity contribution is 5.95. The fraction of sp³-hybridized carbons (Fsp3) is 0.429. The van der Waals surface area contributed by atoms with Gasteiger partial charge in [-0.1, -0.05) is 0 Å². The first-order chi connectivity index (χ1) is 9.60. The molecule has 1 aliphatic heterocycles. The molecule has 1 aliphatic rings. The predicted molar refractivity (Wildman–Crippen MR) is 75.5 cm³/mol. The van der Waals surface area contributed by atoms with Crippen molar-refractivity contribution in [2.75, 3.05) is 18.9 Å². The molecule has 108 valence electrons. The fourth-order valence-corrected chi connectivity index (χ4v) is 2.10. The SMILES string of the molecule is CCOc1ccc(C(=O)NC2CCC(=O)NC2)cc1N. The lowest BCUT2D eigenvalue weighted by molar-refractivity contribution is -0.122. The number of hydrogen-bond acceptors (Lipinski definition) is 4. The number of carbonyl (C=O) groups is 2. The Bertz CT molecular complexity index is 506. The summed E-state index contributed by atoms with van der Waals surface area (Å²) < 4.78 is 5.33. The molecule has 0 bridgehead atoms. The van der Waals surface area contributed by atoms with Gasteiger partial charge in [0.25, 0.3) is 5.91 Å². The molecule has 0 aliphatic carbocycles. The normalized spacial score (nSPS) is 18.2. The van der Waals surface area contributed by atoms with Crippen molar-refractivity contribution < 1.29 is 14.3 Å². The maximum Gasteiger partial charge on any atom is 0.251 e. The monoisotopic (exact) mass is 277 g/mol. The second-order valence-corrected chi connectivity index (χ2v) is 4.70. The van der Waals surface area contributed by atoms with Crippen LogP contribution in [-0.4, -0.2) is 31.0 Å². The van der Waals surface area contributed by atoms with Crippen LogP contribution in [0.5, 0.6) is 5.75 Å². The number of rotatable bonds is 4. The first-order valence-corrected chi connectivity index (χ1v) is 6.70. The molecule has 1 atom stereocenters. The summed E-state index contributed by atoms with van der Waals surface area (Å²) in [6.45, 7) is 2.87. The van der Waals surface area contributed by atoms with Crippen molar-refractivity contribution >= 4 is 17.5 Å². The van der Waals surface area contributed by atoms with Crippen LogP contribution in [-0.2, 0) is 4.79 Å². The van der Waals surface area contributed by atoms with Gasteiger partial charge in [-0.25, -0.2) is 0 Å². The second-order valence-electron chi connectivity index (χ2n) is 4.70. The number of piperidine rings is 1. The van der Waals surface area contributed by atoms with Crippen molar-refractivity contribution in [3.05, 3.63) is 23.8 Å². The van der Waals surface area contributed by atoms with Crippen molar-refractivity contribution in [2.24, 2.45) is 0 Å². The summed E-state index contributed by atoms with van der Waals surface area (Å²) in [6, 6.07) is 4.93. The van der Waals surface area contributed by atoms with Crippen LogP contribution in [0.2, 0.25) is 0 Å². The lowest BCUT2D eigenvalue weighted by Crippen LogP contribution is -2.47. The molecule has 1 aromatic rings. The van der Waals surface area contributed by atoms with Gasteiger partial charge in [-0.15, -0.1) is 0 Å². The molecule has 4 N–H and O–H groups in total. The Morgan fingerprint density at radius 3 is 2.95 bits per heavy atom. The average molecular weight is 277 g/mol. The number of nitrogens with one attached hydrogen (secondary N) is 2. The third-order valence-electron chi connectivity index (χ3n) is 3.17. The van der Waals surface area contributed by atoms with Crippen LogP contribution < -0.4 is 21.1 Å². The van der Waals surface area contributed by atoms with E-state index in [0.29, 0.717) is 43.0 Å². The zero-order valence-electron chi connectivity index (χ0n) is 11.4. The minimum absolute atomic E-state index is 0.0285. The zero-order chi connectivity index (χ0) is 14.5. The second kappa shape index (κ2) is 6.27. The van der Waals surface area contributed by atoms with Gasteiger partial charge in [0.2, 0.25) is 5.91 Å². The molecule has 0 radical (unpaired) electrons. The van der Waals surface area contributed by atoms with Crippen molar-refractivity contribution in [1.82, 2.24) is 10.6 Å². The molecule has 2 rings (SSSR count). The first kappa shape index (κ1) is 14.2. The fourth-order valence-electron chi connectivity index (χ4n) is 2.10. The molecule has 1 saturated heterocycles. The van der Waals surface area contributed by atoms with Crippen molar-refractivity contribution in [2.45, 2.75) is 25.8 Å². The summed E-state index contributed by atoms with van der Waals surface area (Å²) >= 11 is 0. The van der Waals surface area contributed by atoms with E-state index in [0.717, 1.165) is 0 Å². The van der Waals surface area contributed by atoms with E-state index < -0.39 is 0 Å². The summed E-state index contributed by atoms with van der Waals surface area (Å²) in [5.74, 6) is 0.413. The number of amides is 2. The Balaban J connectivity index is 1.98. The standard InChI is InChI=1S/C14H19N3O3/c1-2-20-12-5-3-9(7-11(12)15)14(19)17-10-4-6-13(18)16-8-10/h3,5,7,10H,2,4,6,8,15H2,1H3,(H,16,18)(H,17,19). The Morgan fingerprint density at radius 1 is 1.55 bits per heavy atom. The molecule has 2 amide bonds. The summed E-state index contributed by atoms with van der Waals surface area (Å²) in [4.78, 5) is 23.1. The number of hydrogen-bond donors (Lipinski definition) is 3. The maximum atomic E-state index is 12.1. The van der Waals surface area contributed by atoms with E-state index in [4.69, 9.17) is 10.5 Å². The van der Waals surface area contributed by atoms with E-state index in [-0.39, 0.29) is 17.9 Å². The van der Waals surface area contributed by atoms with Crippen LogP contribution >= 0.6 is 0 Å². The molecule has 20 heavy (non-hydrogen) atoms. The molecule has 1 fully saturated rings. The molecule has 1 heterocycles. The molecular weight excluding hydrogens is 258 g/mol. The van der Waals surface area contributed by atoms with Gasteiger partial charge in [0, 0.05) is 24.6 Å². The van der Waals surface area contributed by atoms with Gasteiger partial charge in [0.15, 0.2) is 0 Å². The Kier molecular flexibility index (Phi) is 4.45. The molecule has 1 aromatic carbocycles.